The van der Waals surface area contributed by atoms with Gasteiger partial charge in [0.05, 0.1) is 33.9 Å². The molecule has 0 atom stereocenters. The van der Waals surface area contributed by atoms with E-state index in [2.05, 4.69) is 286 Å². The summed E-state index contributed by atoms with van der Waals surface area (Å²) in [7, 11) is 0. The van der Waals surface area contributed by atoms with Gasteiger partial charge >= 0.3 is 0 Å². The summed E-state index contributed by atoms with van der Waals surface area (Å²) in [6.07, 6.45) is 0. The van der Waals surface area contributed by atoms with E-state index in [1.165, 1.54) is 104 Å². The fourth-order valence-corrected chi connectivity index (χ4v) is 14.8. The summed E-state index contributed by atoms with van der Waals surface area (Å²) in [6, 6.07) is 85.7. The maximum Gasteiger partial charge on any atom is 0.101 e. The molecular formula is C76H51Br3N4. The van der Waals surface area contributed by atoms with E-state index in [4.69, 9.17) is 0 Å². The highest BCUT2D eigenvalue weighted by Gasteiger charge is 2.39. The Morgan fingerprint density at radius 2 is 0.723 bits per heavy atom. The van der Waals surface area contributed by atoms with Crippen LogP contribution in [-0.2, 0) is 10.8 Å². The van der Waals surface area contributed by atoms with Gasteiger partial charge in [0.25, 0.3) is 0 Å². The van der Waals surface area contributed by atoms with Crippen molar-refractivity contribution >= 4 is 141 Å². The zero-order valence-electron chi connectivity index (χ0n) is 45.9. The van der Waals surface area contributed by atoms with Crippen LogP contribution in [0.4, 0.5) is 28.4 Å². The predicted octanol–water partition coefficient (Wildman–Crippen LogP) is 22.7. The molecule has 0 heterocycles. The van der Waals surface area contributed by atoms with Gasteiger partial charge in [0.1, 0.15) is 12.1 Å². The van der Waals surface area contributed by atoms with Gasteiger partial charge in [-0.25, -0.2) is 0 Å². The fraction of sp³-hybridized carbons (Fsp3) is 0.0789. The molecule has 0 amide bonds. The SMILES string of the molecule is Brc1ccc2ccc3c(Br)ccc4ccc1c2c43.CC1(C)c2ccccc2-c2c(N(c3ccccc3C#N)c3ccc4ccc5c(Br)ccc6ccc3c4c65)cccc21.CC1(C)c2ccccc2-c2c(Nc3ccccc3C#N)cccc21. The van der Waals surface area contributed by atoms with Crippen molar-refractivity contribution in [3.63, 3.8) is 0 Å². The van der Waals surface area contributed by atoms with Crippen LogP contribution in [0.2, 0.25) is 0 Å². The molecule has 0 bridgehead atoms. The molecule has 16 rings (SSSR count). The first-order valence-corrected chi connectivity index (χ1v) is 30.1. The second-order valence-electron chi connectivity index (χ2n) is 22.6. The van der Waals surface area contributed by atoms with E-state index in [0.29, 0.717) is 11.1 Å². The Morgan fingerprint density at radius 1 is 0.337 bits per heavy atom. The minimum atomic E-state index is -0.128. The molecule has 2 aliphatic carbocycles. The van der Waals surface area contributed by atoms with Gasteiger partial charge in [0.15, 0.2) is 0 Å². The van der Waals surface area contributed by atoms with Crippen LogP contribution in [0.3, 0.4) is 0 Å². The number of para-hydroxylation sites is 2. The maximum atomic E-state index is 10.3. The van der Waals surface area contributed by atoms with Crippen LogP contribution in [0.5, 0.6) is 0 Å². The van der Waals surface area contributed by atoms with Crippen molar-refractivity contribution in [1.82, 2.24) is 0 Å². The third-order valence-electron chi connectivity index (χ3n) is 17.4. The summed E-state index contributed by atoms with van der Waals surface area (Å²) in [5.74, 6) is 0. The molecule has 83 heavy (non-hydrogen) atoms. The van der Waals surface area contributed by atoms with Crippen LogP contribution in [0.1, 0.15) is 61.1 Å². The van der Waals surface area contributed by atoms with E-state index in [9.17, 15) is 10.5 Å². The average molecular weight is 1260 g/mol. The number of halogens is 3. The molecule has 14 aromatic rings. The van der Waals surface area contributed by atoms with Gasteiger partial charge in [-0.1, -0.05) is 245 Å². The van der Waals surface area contributed by atoms with Gasteiger partial charge in [-0.05, 0) is 153 Å². The Hall–Kier alpha value is -8.82. The summed E-state index contributed by atoms with van der Waals surface area (Å²) in [5, 5.41) is 38.2. The molecule has 1 N–H and O–H groups in total. The van der Waals surface area contributed by atoms with Gasteiger partial charge in [-0.3, -0.25) is 0 Å². The largest absolute Gasteiger partial charge is 0.354 e. The van der Waals surface area contributed by atoms with Crippen molar-refractivity contribution in [2.45, 2.75) is 38.5 Å². The van der Waals surface area contributed by atoms with Crippen molar-refractivity contribution in [3.8, 4) is 34.4 Å². The molecule has 14 aromatic carbocycles. The first-order chi connectivity index (χ1) is 40.4. The van der Waals surface area contributed by atoms with Crippen LogP contribution < -0.4 is 10.2 Å². The molecule has 0 spiro atoms. The number of nitrogens with one attached hydrogen (secondary N) is 1. The van der Waals surface area contributed by atoms with Crippen LogP contribution in [-0.4, -0.2) is 0 Å². The van der Waals surface area contributed by atoms with Crippen LogP contribution >= 0.6 is 47.8 Å². The van der Waals surface area contributed by atoms with Crippen LogP contribution in [0, 0.1) is 22.7 Å². The molecule has 0 fully saturated rings. The molecule has 0 unspecified atom stereocenters. The Balaban J connectivity index is 0.000000123. The van der Waals surface area contributed by atoms with Gasteiger partial charge in [0.2, 0.25) is 0 Å². The molecular weight excluding hydrogens is 1210 g/mol. The number of anilines is 5. The second-order valence-corrected chi connectivity index (χ2v) is 25.2. The summed E-state index contributed by atoms with van der Waals surface area (Å²) >= 11 is 11.1. The highest BCUT2D eigenvalue weighted by molar-refractivity contribution is 9.11. The van der Waals surface area contributed by atoms with Gasteiger partial charge in [-0.2, -0.15) is 10.5 Å². The predicted molar refractivity (Wildman–Crippen MR) is 359 cm³/mol. The number of hydrogen-bond acceptors (Lipinski definition) is 4. The van der Waals surface area contributed by atoms with Crippen molar-refractivity contribution in [2.75, 3.05) is 10.2 Å². The van der Waals surface area contributed by atoms with Crippen LogP contribution in [0.25, 0.3) is 86.9 Å². The first kappa shape index (κ1) is 52.3. The minimum absolute atomic E-state index is 0.0155. The molecule has 0 aliphatic heterocycles. The zero-order valence-corrected chi connectivity index (χ0v) is 50.7. The van der Waals surface area contributed by atoms with Crippen molar-refractivity contribution in [2.24, 2.45) is 0 Å². The standard InChI is InChI=1S/C38H25BrN2.C22H18N2.C16H8Br2/c1-38(2)29-10-5-4-9-26(29)37-30(38)11-7-13-34(37)41(32-12-6-3-8-25(32)22-40)33-21-17-24-14-18-27-31(39)20-16-23-15-19-28(33)36(24)35(23)27;1-22(2)17-10-5-4-9-16(17)21-18(22)11-7-13-20(21)24-19-12-6-3-8-15(19)14-23;17-13-8-4-10-2-6-12-14(18)7-3-9-1-5-11(13)16(10)15(9)12/h3-21H,1-2H3;3-13,24H,1-2H3;1-8H. The number of rotatable bonds is 5. The van der Waals surface area contributed by atoms with Crippen molar-refractivity contribution in [3.05, 3.63) is 277 Å². The lowest BCUT2D eigenvalue weighted by atomic mass is 9.82. The number of hydrogen-bond donors (Lipinski definition) is 1. The van der Waals surface area contributed by atoms with Gasteiger partial charge in [-0.15, -0.1) is 0 Å². The Morgan fingerprint density at radius 3 is 1.28 bits per heavy atom. The molecule has 0 aromatic heterocycles. The number of benzene rings is 14. The number of nitriles is 2. The summed E-state index contributed by atoms with van der Waals surface area (Å²) in [4.78, 5) is 2.32. The average Bonchev–Trinajstić information content (AvgIpc) is 3.60. The Labute approximate surface area is 507 Å². The number of fused-ring (bicyclic) bond motifs is 6. The Kier molecular flexibility index (Phi) is 12.8. The summed E-state index contributed by atoms with van der Waals surface area (Å²) < 4.78 is 3.41. The minimum Gasteiger partial charge on any atom is -0.354 e. The monoisotopic (exact) mass is 1260 g/mol. The van der Waals surface area contributed by atoms with Crippen molar-refractivity contribution in [1.29, 1.82) is 10.5 Å². The van der Waals surface area contributed by atoms with Gasteiger partial charge in [0, 0.05) is 46.4 Å². The highest BCUT2D eigenvalue weighted by Crippen LogP contribution is 2.56. The lowest BCUT2D eigenvalue weighted by Gasteiger charge is -2.31. The third kappa shape index (κ3) is 8.31. The summed E-state index contributed by atoms with van der Waals surface area (Å²) in [6.45, 7) is 9.15. The first-order valence-electron chi connectivity index (χ1n) is 27.8. The van der Waals surface area contributed by atoms with E-state index >= 15 is 0 Å². The second kappa shape index (κ2) is 20.3. The smallest absolute Gasteiger partial charge is 0.101 e. The normalized spacial score (nSPS) is 13.2. The fourth-order valence-electron chi connectivity index (χ4n) is 13.4. The molecule has 2 aliphatic rings. The summed E-state index contributed by atoms with van der Waals surface area (Å²) in [5.41, 5.74) is 16.4. The molecule has 0 saturated carbocycles. The quantitative estimate of drug-likeness (QED) is 0.174. The maximum absolute atomic E-state index is 10.3. The molecule has 396 valence electrons. The molecule has 7 heteroatoms. The van der Waals surface area contributed by atoms with E-state index in [1.807, 2.05) is 42.5 Å². The molecule has 0 radical (unpaired) electrons. The Bertz CT molecular complexity index is 4970. The van der Waals surface area contributed by atoms with Gasteiger partial charge < -0.3 is 10.2 Å². The highest BCUT2D eigenvalue weighted by atomic mass is 79.9. The third-order valence-corrected chi connectivity index (χ3v) is 19.5. The van der Waals surface area contributed by atoms with E-state index in [-0.39, 0.29) is 10.8 Å². The lowest BCUT2D eigenvalue weighted by Crippen LogP contribution is -2.16. The molecule has 4 nitrogen and oxygen atoms in total. The zero-order chi connectivity index (χ0) is 56.9. The topological polar surface area (TPSA) is 62.9 Å². The van der Waals surface area contributed by atoms with Crippen molar-refractivity contribution < 1.29 is 0 Å². The van der Waals surface area contributed by atoms with E-state index < -0.39 is 0 Å². The lowest BCUT2D eigenvalue weighted by molar-refractivity contribution is 0.660. The van der Waals surface area contributed by atoms with E-state index in [0.717, 1.165) is 47.2 Å². The van der Waals surface area contributed by atoms with Crippen LogP contribution in [0.15, 0.2) is 244 Å². The van der Waals surface area contributed by atoms with E-state index in [1.54, 1.807) is 0 Å². The molecule has 0 saturated heterocycles. The number of nitrogens with zero attached hydrogens (tertiary/aromatic N) is 3.